The van der Waals surface area contributed by atoms with Gasteiger partial charge in [-0.25, -0.2) is 0 Å². The lowest BCUT2D eigenvalue weighted by atomic mass is 10.2. The Morgan fingerprint density at radius 2 is 2.20 bits per heavy atom. The van der Waals surface area contributed by atoms with E-state index in [2.05, 4.69) is 5.32 Å². The van der Waals surface area contributed by atoms with Crippen molar-refractivity contribution in [1.82, 2.24) is 5.32 Å². The number of alkyl halides is 2. The molecule has 1 fully saturated rings. The zero-order chi connectivity index (χ0) is 10.7. The molecular weight excluding hydrogens is 220 g/mol. The highest BCUT2D eigenvalue weighted by molar-refractivity contribution is 7.99. The van der Waals surface area contributed by atoms with Crippen molar-refractivity contribution < 1.29 is 13.5 Å². The van der Waals surface area contributed by atoms with Gasteiger partial charge in [0.15, 0.2) is 0 Å². The molecule has 0 unspecified atom stereocenters. The maximum absolute atomic E-state index is 12.1. The second-order valence-electron chi connectivity index (χ2n) is 3.25. The topological polar surface area (TPSA) is 21.3 Å². The van der Waals surface area contributed by atoms with Gasteiger partial charge in [0.1, 0.15) is 11.9 Å². The Morgan fingerprint density at radius 1 is 1.40 bits per heavy atom. The Bertz CT molecular complexity index is 331. The molecule has 5 heteroatoms. The summed E-state index contributed by atoms with van der Waals surface area (Å²) in [6.07, 6.45) is 0.178. The molecule has 1 aromatic carbocycles. The van der Waals surface area contributed by atoms with Crippen LogP contribution in [0.1, 0.15) is 0 Å². The van der Waals surface area contributed by atoms with Crippen LogP contribution < -0.4 is 10.1 Å². The van der Waals surface area contributed by atoms with Crippen molar-refractivity contribution in [3.05, 3.63) is 24.3 Å². The molecule has 0 amide bonds. The molecule has 2 rings (SSSR count). The summed E-state index contributed by atoms with van der Waals surface area (Å²) in [5.74, 6) is -1.72. The molecule has 0 saturated carbocycles. The van der Waals surface area contributed by atoms with E-state index in [-0.39, 0.29) is 6.10 Å². The largest absolute Gasteiger partial charge is 0.488 e. The van der Waals surface area contributed by atoms with E-state index in [0.717, 1.165) is 13.1 Å². The monoisotopic (exact) mass is 231 g/mol. The van der Waals surface area contributed by atoms with Gasteiger partial charge in [0.05, 0.1) is 0 Å². The number of hydrogen-bond acceptors (Lipinski definition) is 3. The first-order chi connectivity index (χ1) is 7.24. The molecule has 0 spiro atoms. The molecule has 1 saturated heterocycles. The number of hydrogen-bond donors (Lipinski definition) is 1. The predicted molar refractivity (Wildman–Crippen MR) is 55.6 cm³/mol. The minimum atomic E-state index is -2.38. The average Bonchev–Trinajstić information content (AvgIpc) is 2.11. The molecule has 2 nitrogen and oxygen atoms in total. The lowest BCUT2D eigenvalue weighted by Crippen LogP contribution is -2.50. The summed E-state index contributed by atoms with van der Waals surface area (Å²) in [5.41, 5.74) is 0. The van der Waals surface area contributed by atoms with Gasteiger partial charge in [-0.2, -0.15) is 8.78 Å². The van der Waals surface area contributed by atoms with E-state index in [4.69, 9.17) is 4.74 Å². The number of benzene rings is 1. The van der Waals surface area contributed by atoms with Gasteiger partial charge >= 0.3 is 0 Å². The van der Waals surface area contributed by atoms with Gasteiger partial charge in [-0.15, -0.1) is 0 Å². The van der Waals surface area contributed by atoms with Crippen molar-refractivity contribution in [2.45, 2.75) is 16.8 Å². The Hall–Kier alpha value is -0.810. The van der Waals surface area contributed by atoms with E-state index < -0.39 is 5.76 Å². The van der Waals surface area contributed by atoms with Crippen LogP contribution in [0.4, 0.5) is 8.78 Å². The zero-order valence-corrected chi connectivity index (χ0v) is 8.77. The van der Waals surface area contributed by atoms with Gasteiger partial charge in [0.25, 0.3) is 5.76 Å². The third-order valence-corrected chi connectivity index (χ3v) is 2.78. The molecule has 0 bridgehead atoms. The molecule has 0 atom stereocenters. The molecular formula is C10H11F2NOS. The van der Waals surface area contributed by atoms with Gasteiger partial charge in [0.2, 0.25) is 0 Å². The van der Waals surface area contributed by atoms with Gasteiger partial charge in [-0.05, 0) is 18.2 Å². The molecule has 1 aromatic rings. The summed E-state index contributed by atoms with van der Waals surface area (Å²) in [5, 5.41) is 3.08. The highest BCUT2D eigenvalue weighted by Crippen LogP contribution is 2.28. The zero-order valence-electron chi connectivity index (χ0n) is 7.95. The minimum Gasteiger partial charge on any atom is -0.488 e. The van der Waals surface area contributed by atoms with Gasteiger partial charge in [0, 0.05) is 18.0 Å². The maximum Gasteiger partial charge on any atom is 0.288 e. The SMILES string of the molecule is FC(F)Sc1cccc(OC2CNC2)c1. The first-order valence-electron chi connectivity index (χ1n) is 4.66. The van der Waals surface area contributed by atoms with E-state index in [9.17, 15) is 8.78 Å². The average molecular weight is 231 g/mol. The Kier molecular flexibility index (Phi) is 3.43. The van der Waals surface area contributed by atoms with Crippen molar-refractivity contribution in [1.29, 1.82) is 0 Å². The summed E-state index contributed by atoms with van der Waals surface area (Å²) in [7, 11) is 0. The fraction of sp³-hybridized carbons (Fsp3) is 0.400. The molecule has 1 heterocycles. The summed E-state index contributed by atoms with van der Waals surface area (Å²) < 4.78 is 29.8. The van der Waals surface area contributed by atoms with Gasteiger partial charge in [-0.3, -0.25) is 0 Å². The highest BCUT2D eigenvalue weighted by Gasteiger charge is 2.18. The molecule has 0 aromatic heterocycles. The fourth-order valence-corrected chi connectivity index (χ4v) is 1.81. The summed E-state index contributed by atoms with van der Waals surface area (Å²) in [6.45, 7) is 1.65. The van der Waals surface area contributed by atoms with Crippen molar-refractivity contribution >= 4 is 11.8 Å². The Morgan fingerprint density at radius 3 is 2.80 bits per heavy atom. The predicted octanol–water partition coefficient (Wildman–Crippen LogP) is 2.35. The number of ether oxygens (including phenoxy) is 1. The van der Waals surface area contributed by atoms with E-state index in [1.165, 1.54) is 0 Å². The molecule has 1 N–H and O–H groups in total. The van der Waals surface area contributed by atoms with Gasteiger partial charge in [-0.1, -0.05) is 17.8 Å². The third kappa shape index (κ3) is 3.07. The maximum atomic E-state index is 12.1. The number of thioether (sulfide) groups is 1. The van der Waals surface area contributed by atoms with Crippen LogP contribution in [0, 0.1) is 0 Å². The second kappa shape index (κ2) is 4.81. The smallest absolute Gasteiger partial charge is 0.288 e. The minimum absolute atomic E-state index is 0.178. The fourth-order valence-electron chi connectivity index (χ4n) is 1.26. The number of rotatable bonds is 4. The first kappa shape index (κ1) is 10.7. The van der Waals surface area contributed by atoms with Crippen LogP contribution in [0.5, 0.6) is 5.75 Å². The number of nitrogens with one attached hydrogen (secondary N) is 1. The van der Waals surface area contributed by atoms with Crippen molar-refractivity contribution in [2.24, 2.45) is 0 Å². The van der Waals surface area contributed by atoms with E-state index in [1.807, 2.05) is 0 Å². The highest BCUT2D eigenvalue weighted by atomic mass is 32.2. The lowest BCUT2D eigenvalue weighted by Gasteiger charge is -2.27. The number of halogens is 2. The van der Waals surface area contributed by atoms with E-state index in [1.54, 1.807) is 24.3 Å². The molecule has 1 aliphatic rings. The van der Waals surface area contributed by atoms with Crippen LogP contribution in [0.15, 0.2) is 29.2 Å². The normalized spacial score (nSPS) is 16.5. The van der Waals surface area contributed by atoms with Crippen LogP contribution >= 0.6 is 11.8 Å². The quantitative estimate of drug-likeness (QED) is 0.804. The summed E-state index contributed by atoms with van der Waals surface area (Å²) >= 11 is 0.536. The molecule has 0 aliphatic carbocycles. The first-order valence-corrected chi connectivity index (χ1v) is 5.54. The van der Waals surface area contributed by atoms with E-state index >= 15 is 0 Å². The summed E-state index contributed by atoms with van der Waals surface area (Å²) in [4.78, 5) is 0.537. The van der Waals surface area contributed by atoms with Crippen LogP contribution in [0.25, 0.3) is 0 Å². The molecule has 1 aliphatic heterocycles. The van der Waals surface area contributed by atoms with Crippen molar-refractivity contribution in [3.8, 4) is 5.75 Å². The Labute approximate surface area is 91.0 Å². The standard InChI is InChI=1S/C10H11F2NOS/c11-10(12)15-9-3-1-2-7(4-9)14-8-5-13-6-8/h1-4,8,10,13H,5-6H2. The van der Waals surface area contributed by atoms with E-state index in [0.29, 0.717) is 22.4 Å². The van der Waals surface area contributed by atoms with Crippen LogP contribution in [-0.4, -0.2) is 25.0 Å². The van der Waals surface area contributed by atoms with Crippen molar-refractivity contribution in [2.75, 3.05) is 13.1 Å². The lowest BCUT2D eigenvalue weighted by molar-refractivity contribution is 0.142. The Balaban J connectivity index is 1.98. The van der Waals surface area contributed by atoms with Crippen LogP contribution in [-0.2, 0) is 0 Å². The van der Waals surface area contributed by atoms with Gasteiger partial charge < -0.3 is 10.1 Å². The third-order valence-electron chi connectivity index (χ3n) is 2.08. The van der Waals surface area contributed by atoms with Crippen LogP contribution in [0.2, 0.25) is 0 Å². The molecule has 82 valence electrons. The summed E-state index contributed by atoms with van der Waals surface area (Å²) in [6, 6.07) is 6.82. The molecule has 15 heavy (non-hydrogen) atoms. The van der Waals surface area contributed by atoms with Crippen molar-refractivity contribution in [3.63, 3.8) is 0 Å². The second-order valence-corrected chi connectivity index (χ2v) is 4.31. The molecule has 0 radical (unpaired) electrons. The van der Waals surface area contributed by atoms with Crippen LogP contribution in [0.3, 0.4) is 0 Å².